The van der Waals surface area contributed by atoms with Crippen LogP contribution in [0, 0.1) is 0 Å². The van der Waals surface area contributed by atoms with Gasteiger partial charge in [-0.3, -0.25) is 9.59 Å². The lowest BCUT2D eigenvalue weighted by atomic mass is 10.1. The number of amides is 2. The van der Waals surface area contributed by atoms with Crippen molar-refractivity contribution in [2.75, 3.05) is 26.6 Å². The molecule has 0 aliphatic heterocycles. The highest BCUT2D eigenvalue weighted by Gasteiger charge is 2.06. The number of carbonyl (C=O) groups excluding carboxylic acids is 2. The van der Waals surface area contributed by atoms with Crippen LogP contribution in [0.5, 0.6) is 11.5 Å². The minimum atomic E-state index is -0.320. The molecule has 2 rings (SSSR count). The molecule has 0 saturated carbocycles. The zero-order valence-corrected chi connectivity index (χ0v) is 14.3. The zero-order valence-electron chi connectivity index (χ0n) is 14.3. The summed E-state index contributed by atoms with van der Waals surface area (Å²) in [6.07, 6.45) is 3.03. The van der Waals surface area contributed by atoms with Crippen molar-refractivity contribution in [2.24, 2.45) is 0 Å². The molecule has 0 aliphatic rings. The van der Waals surface area contributed by atoms with E-state index in [2.05, 4.69) is 10.6 Å². The Hall–Kier alpha value is -3.28. The van der Waals surface area contributed by atoms with E-state index in [0.29, 0.717) is 22.7 Å². The lowest BCUT2D eigenvalue weighted by Crippen LogP contribution is -2.18. The molecule has 25 heavy (non-hydrogen) atoms. The van der Waals surface area contributed by atoms with Crippen LogP contribution in [0.3, 0.4) is 0 Å². The summed E-state index contributed by atoms with van der Waals surface area (Å²) < 4.78 is 10.4. The van der Waals surface area contributed by atoms with E-state index in [1.807, 2.05) is 0 Å². The molecule has 0 atom stereocenters. The minimum Gasteiger partial charge on any atom is -0.497 e. The molecule has 0 spiro atoms. The number of ether oxygens (including phenoxy) is 2. The summed E-state index contributed by atoms with van der Waals surface area (Å²) in [5.74, 6) is 0.761. The van der Waals surface area contributed by atoms with Crippen molar-refractivity contribution in [3.05, 3.63) is 59.7 Å². The van der Waals surface area contributed by atoms with Gasteiger partial charge in [0.2, 0.25) is 5.91 Å². The van der Waals surface area contributed by atoms with Crippen LogP contribution in [0.15, 0.2) is 48.5 Å². The molecule has 2 N–H and O–H groups in total. The minimum absolute atomic E-state index is 0.215. The van der Waals surface area contributed by atoms with Crippen LogP contribution >= 0.6 is 0 Å². The fourth-order valence-electron chi connectivity index (χ4n) is 2.20. The van der Waals surface area contributed by atoms with Gasteiger partial charge in [0.1, 0.15) is 11.5 Å². The maximum atomic E-state index is 12.1. The van der Waals surface area contributed by atoms with Gasteiger partial charge in [-0.25, -0.2) is 0 Å². The van der Waals surface area contributed by atoms with Gasteiger partial charge in [-0.2, -0.15) is 0 Å². The quantitative estimate of drug-likeness (QED) is 0.793. The largest absolute Gasteiger partial charge is 0.497 e. The van der Waals surface area contributed by atoms with E-state index in [1.165, 1.54) is 6.08 Å². The van der Waals surface area contributed by atoms with Crippen molar-refractivity contribution >= 4 is 23.6 Å². The number of benzene rings is 2. The predicted octanol–water partition coefficient (Wildman–Crippen LogP) is 2.72. The number of anilines is 1. The van der Waals surface area contributed by atoms with E-state index in [0.717, 1.165) is 5.56 Å². The van der Waals surface area contributed by atoms with Crippen LogP contribution in [0.1, 0.15) is 15.9 Å². The summed E-state index contributed by atoms with van der Waals surface area (Å²) in [6, 6.07) is 12.0. The molecular weight excluding hydrogens is 320 g/mol. The molecule has 2 aromatic carbocycles. The van der Waals surface area contributed by atoms with E-state index in [1.54, 1.807) is 69.8 Å². The Balaban J connectivity index is 2.12. The van der Waals surface area contributed by atoms with Gasteiger partial charge in [-0.1, -0.05) is 6.07 Å². The van der Waals surface area contributed by atoms with Crippen LogP contribution in [0.25, 0.3) is 6.08 Å². The third kappa shape index (κ3) is 4.84. The number of rotatable bonds is 6. The van der Waals surface area contributed by atoms with E-state index >= 15 is 0 Å². The average Bonchev–Trinajstić information content (AvgIpc) is 2.65. The van der Waals surface area contributed by atoms with Crippen LogP contribution in [-0.2, 0) is 4.79 Å². The summed E-state index contributed by atoms with van der Waals surface area (Å²) in [7, 11) is 4.68. The van der Waals surface area contributed by atoms with Gasteiger partial charge in [-0.05, 0) is 42.5 Å². The van der Waals surface area contributed by atoms with Gasteiger partial charge in [-0.15, -0.1) is 0 Å². The Labute approximate surface area is 146 Å². The van der Waals surface area contributed by atoms with Gasteiger partial charge in [0, 0.05) is 29.9 Å². The number of nitrogens with one attached hydrogen (secondary N) is 2. The van der Waals surface area contributed by atoms with E-state index in [4.69, 9.17) is 9.47 Å². The highest BCUT2D eigenvalue weighted by Crippen LogP contribution is 2.25. The Bertz CT molecular complexity index is 800. The molecule has 0 unspecified atom stereocenters. The smallest absolute Gasteiger partial charge is 0.251 e. The Morgan fingerprint density at radius 3 is 2.52 bits per heavy atom. The molecule has 2 amide bonds. The number of hydrogen-bond acceptors (Lipinski definition) is 4. The fourth-order valence-corrected chi connectivity index (χ4v) is 2.20. The monoisotopic (exact) mass is 340 g/mol. The van der Waals surface area contributed by atoms with Gasteiger partial charge in [0.15, 0.2) is 0 Å². The Morgan fingerprint density at radius 2 is 1.84 bits per heavy atom. The first-order valence-electron chi connectivity index (χ1n) is 7.60. The molecular formula is C19H20N2O4. The van der Waals surface area contributed by atoms with Crippen LogP contribution in [0.4, 0.5) is 5.69 Å². The third-order valence-corrected chi connectivity index (χ3v) is 3.47. The first-order chi connectivity index (χ1) is 12.1. The summed E-state index contributed by atoms with van der Waals surface area (Å²) in [6.45, 7) is 0. The molecule has 0 heterocycles. The highest BCUT2D eigenvalue weighted by molar-refractivity contribution is 6.03. The standard InChI is InChI=1S/C19H20N2O4/c1-20-19(23)14-5-4-6-15(11-14)21-18(22)10-7-13-12-16(24-2)8-9-17(13)25-3/h4-12H,1-3H3,(H,20,23)(H,21,22)/b10-7+. The van der Waals surface area contributed by atoms with Crippen molar-refractivity contribution in [1.82, 2.24) is 5.32 Å². The molecule has 0 fully saturated rings. The Kier molecular flexibility index (Phi) is 6.17. The second-order valence-electron chi connectivity index (χ2n) is 5.09. The number of carbonyl (C=O) groups is 2. The zero-order chi connectivity index (χ0) is 18.2. The highest BCUT2D eigenvalue weighted by atomic mass is 16.5. The summed E-state index contributed by atoms with van der Waals surface area (Å²) in [4.78, 5) is 23.7. The SMILES string of the molecule is CNC(=O)c1cccc(NC(=O)/C=C/c2cc(OC)ccc2OC)c1. The number of methoxy groups -OCH3 is 2. The molecule has 0 aliphatic carbocycles. The first kappa shape index (κ1) is 18.1. The van der Waals surface area contributed by atoms with Gasteiger partial charge < -0.3 is 20.1 Å². The number of hydrogen-bond donors (Lipinski definition) is 2. The summed E-state index contributed by atoms with van der Waals surface area (Å²) in [5.41, 5.74) is 1.73. The molecule has 0 bridgehead atoms. The van der Waals surface area contributed by atoms with Crippen LogP contribution in [-0.4, -0.2) is 33.1 Å². The van der Waals surface area contributed by atoms with E-state index in [9.17, 15) is 9.59 Å². The summed E-state index contributed by atoms with van der Waals surface area (Å²) in [5, 5.41) is 5.26. The molecule has 2 aromatic rings. The molecule has 0 aromatic heterocycles. The molecule has 6 heteroatoms. The van der Waals surface area contributed by atoms with Gasteiger partial charge in [0.05, 0.1) is 14.2 Å². The second-order valence-corrected chi connectivity index (χ2v) is 5.09. The molecule has 130 valence electrons. The first-order valence-corrected chi connectivity index (χ1v) is 7.60. The average molecular weight is 340 g/mol. The summed E-state index contributed by atoms with van der Waals surface area (Å²) >= 11 is 0. The lowest BCUT2D eigenvalue weighted by molar-refractivity contribution is -0.111. The van der Waals surface area contributed by atoms with Crippen molar-refractivity contribution < 1.29 is 19.1 Å². The van der Waals surface area contributed by atoms with E-state index < -0.39 is 0 Å². The van der Waals surface area contributed by atoms with Crippen molar-refractivity contribution in [2.45, 2.75) is 0 Å². The van der Waals surface area contributed by atoms with E-state index in [-0.39, 0.29) is 11.8 Å². The molecule has 0 radical (unpaired) electrons. The molecule has 6 nitrogen and oxygen atoms in total. The maximum Gasteiger partial charge on any atom is 0.251 e. The Morgan fingerprint density at radius 1 is 1.04 bits per heavy atom. The van der Waals surface area contributed by atoms with Crippen molar-refractivity contribution in [3.8, 4) is 11.5 Å². The van der Waals surface area contributed by atoms with Crippen molar-refractivity contribution in [3.63, 3.8) is 0 Å². The van der Waals surface area contributed by atoms with Crippen LogP contribution < -0.4 is 20.1 Å². The topological polar surface area (TPSA) is 76.7 Å². The lowest BCUT2D eigenvalue weighted by Gasteiger charge is -2.07. The predicted molar refractivity (Wildman–Crippen MR) is 97.0 cm³/mol. The molecule has 0 saturated heterocycles. The van der Waals surface area contributed by atoms with Crippen LogP contribution in [0.2, 0.25) is 0 Å². The normalized spacial score (nSPS) is 10.4. The van der Waals surface area contributed by atoms with Gasteiger partial charge in [0.25, 0.3) is 5.91 Å². The third-order valence-electron chi connectivity index (χ3n) is 3.47. The van der Waals surface area contributed by atoms with Crippen molar-refractivity contribution in [1.29, 1.82) is 0 Å². The van der Waals surface area contributed by atoms with Gasteiger partial charge >= 0.3 is 0 Å². The second kappa shape index (κ2) is 8.54. The fraction of sp³-hybridized carbons (Fsp3) is 0.158. The maximum absolute atomic E-state index is 12.1.